The molecule has 162 valence electrons. The second-order valence-electron chi connectivity index (χ2n) is 6.82. The SMILES string of the molecule is CCCOc1ccc(C=CC(=O)NC(C)c2cccc(NS(C)(=O)=O)c2)cc1OC. The first-order chi connectivity index (χ1) is 14.2. The van der Waals surface area contributed by atoms with E-state index in [-0.39, 0.29) is 11.9 Å². The van der Waals surface area contributed by atoms with Crippen LogP contribution in [0.15, 0.2) is 48.5 Å². The summed E-state index contributed by atoms with van der Waals surface area (Å²) in [5, 5.41) is 2.87. The molecule has 2 aromatic carbocycles. The number of anilines is 1. The Balaban J connectivity index is 2.03. The van der Waals surface area contributed by atoms with Crippen LogP contribution in [0.2, 0.25) is 0 Å². The topological polar surface area (TPSA) is 93.7 Å². The Labute approximate surface area is 178 Å². The molecule has 0 aliphatic rings. The minimum Gasteiger partial charge on any atom is -0.493 e. The second-order valence-corrected chi connectivity index (χ2v) is 8.57. The molecule has 2 N–H and O–H groups in total. The van der Waals surface area contributed by atoms with E-state index in [1.807, 2.05) is 32.0 Å². The van der Waals surface area contributed by atoms with Crippen LogP contribution in [-0.4, -0.2) is 34.3 Å². The van der Waals surface area contributed by atoms with Gasteiger partial charge in [-0.25, -0.2) is 8.42 Å². The van der Waals surface area contributed by atoms with E-state index in [0.717, 1.165) is 23.8 Å². The van der Waals surface area contributed by atoms with E-state index in [4.69, 9.17) is 9.47 Å². The number of hydrogen-bond donors (Lipinski definition) is 2. The molecule has 2 aromatic rings. The van der Waals surface area contributed by atoms with E-state index in [9.17, 15) is 13.2 Å². The highest BCUT2D eigenvalue weighted by Gasteiger charge is 2.10. The molecule has 0 aliphatic carbocycles. The van der Waals surface area contributed by atoms with Crippen molar-refractivity contribution < 1.29 is 22.7 Å². The number of carbonyl (C=O) groups excluding carboxylic acids is 1. The number of hydrogen-bond acceptors (Lipinski definition) is 5. The summed E-state index contributed by atoms with van der Waals surface area (Å²) in [6.07, 6.45) is 5.12. The Bertz CT molecular complexity index is 1000. The van der Waals surface area contributed by atoms with E-state index in [1.165, 1.54) is 6.08 Å². The summed E-state index contributed by atoms with van der Waals surface area (Å²) in [5.74, 6) is 1.00. The molecule has 0 saturated carbocycles. The fourth-order valence-corrected chi connectivity index (χ4v) is 3.28. The van der Waals surface area contributed by atoms with Crippen LogP contribution >= 0.6 is 0 Å². The molecule has 1 atom stereocenters. The van der Waals surface area contributed by atoms with E-state index >= 15 is 0 Å². The normalized spacial score (nSPS) is 12.4. The Hall–Kier alpha value is -3.00. The van der Waals surface area contributed by atoms with Crippen molar-refractivity contribution in [2.75, 3.05) is 24.7 Å². The van der Waals surface area contributed by atoms with Crippen LogP contribution in [0.4, 0.5) is 5.69 Å². The Kier molecular flexibility index (Phi) is 8.29. The summed E-state index contributed by atoms with van der Waals surface area (Å²) in [5.41, 5.74) is 2.03. The van der Waals surface area contributed by atoms with E-state index < -0.39 is 10.0 Å². The summed E-state index contributed by atoms with van der Waals surface area (Å²) in [4.78, 5) is 12.3. The molecular weight excluding hydrogens is 404 g/mol. The number of amides is 1. The third-order valence-electron chi connectivity index (χ3n) is 4.13. The van der Waals surface area contributed by atoms with Gasteiger partial charge in [0.2, 0.25) is 15.9 Å². The van der Waals surface area contributed by atoms with Gasteiger partial charge in [-0.2, -0.15) is 0 Å². The van der Waals surface area contributed by atoms with Gasteiger partial charge in [-0.15, -0.1) is 0 Å². The maximum Gasteiger partial charge on any atom is 0.244 e. The maximum absolute atomic E-state index is 12.3. The number of rotatable bonds is 10. The van der Waals surface area contributed by atoms with Crippen LogP contribution < -0.4 is 19.5 Å². The van der Waals surface area contributed by atoms with Crippen molar-refractivity contribution in [2.45, 2.75) is 26.3 Å². The fraction of sp³-hybridized carbons (Fsp3) is 0.318. The lowest BCUT2D eigenvalue weighted by atomic mass is 10.1. The first kappa shape index (κ1) is 23.3. The molecule has 30 heavy (non-hydrogen) atoms. The van der Waals surface area contributed by atoms with Crippen molar-refractivity contribution in [1.29, 1.82) is 0 Å². The molecule has 0 aromatic heterocycles. The smallest absolute Gasteiger partial charge is 0.244 e. The number of methoxy groups -OCH3 is 1. The minimum absolute atomic E-state index is 0.269. The summed E-state index contributed by atoms with van der Waals surface area (Å²) >= 11 is 0. The number of benzene rings is 2. The average Bonchev–Trinajstić information content (AvgIpc) is 2.69. The van der Waals surface area contributed by atoms with E-state index in [2.05, 4.69) is 10.0 Å². The van der Waals surface area contributed by atoms with Crippen molar-refractivity contribution in [2.24, 2.45) is 0 Å². The third-order valence-corrected chi connectivity index (χ3v) is 4.73. The average molecular weight is 433 g/mol. The van der Waals surface area contributed by atoms with Gasteiger partial charge in [-0.3, -0.25) is 9.52 Å². The van der Waals surface area contributed by atoms with Crippen LogP contribution in [0.1, 0.15) is 37.4 Å². The quantitative estimate of drug-likeness (QED) is 0.558. The molecular formula is C22H28N2O5S. The maximum atomic E-state index is 12.3. The monoisotopic (exact) mass is 432 g/mol. The van der Waals surface area contributed by atoms with Crippen LogP contribution in [0.3, 0.4) is 0 Å². The van der Waals surface area contributed by atoms with Gasteiger partial charge in [0.25, 0.3) is 0 Å². The van der Waals surface area contributed by atoms with Crippen molar-refractivity contribution >= 4 is 27.7 Å². The second kappa shape index (κ2) is 10.7. The van der Waals surface area contributed by atoms with Crippen LogP contribution in [0, 0.1) is 0 Å². The summed E-state index contributed by atoms with van der Waals surface area (Å²) in [6.45, 7) is 4.46. The lowest BCUT2D eigenvalue weighted by molar-refractivity contribution is -0.117. The zero-order chi connectivity index (χ0) is 22.1. The number of carbonyl (C=O) groups is 1. The fourth-order valence-electron chi connectivity index (χ4n) is 2.72. The summed E-state index contributed by atoms with van der Waals surface area (Å²) in [7, 11) is -1.79. The predicted molar refractivity (Wildman–Crippen MR) is 119 cm³/mol. The van der Waals surface area contributed by atoms with Crippen LogP contribution in [0.25, 0.3) is 6.08 Å². The molecule has 7 nitrogen and oxygen atoms in total. The molecule has 2 rings (SSSR count). The van der Waals surface area contributed by atoms with Gasteiger partial charge in [0.05, 0.1) is 26.0 Å². The minimum atomic E-state index is -3.36. The highest BCUT2D eigenvalue weighted by molar-refractivity contribution is 7.92. The molecule has 0 fully saturated rings. The molecule has 0 radical (unpaired) electrons. The Morgan fingerprint density at radius 3 is 2.60 bits per heavy atom. The molecule has 8 heteroatoms. The molecule has 0 aliphatic heterocycles. The molecule has 0 heterocycles. The Morgan fingerprint density at radius 1 is 1.17 bits per heavy atom. The Morgan fingerprint density at radius 2 is 1.93 bits per heavy atom. The van der Waals surface area contributed by atoms with Crippen LogP contribution in [-0.2, 0) is 14.8 Å². The standard InChI is InChI=1S/C22H28N2O5S/c1-5-13-29-20-11-9-17(14-21(20)28-3)10-12-22(25)23-16(2)18-7-6-8-19(15-18)24-30(4,26)27/h6-12,14-16,24H,5,13H2,1-4H3,(H,23,25). The first-order valence-electron chi connectivity index (χ1n) is 9.59. The van der Waals surface area contributed by atoms with Crippen molar-refractivity contribution in [3.8, 4) is 11.5 Å². The van der Waals surface area contributed by atoms with Gasteiger partial charge < -0.3 is 14.8 Å². The zero-order valence-electron chi connectivity index (χ0n) is 17.6. The van der Waals surface area contributed by atoms with Gasteiger partial charge in [-0.1, -0.05) is 25.1 Å². The summed E-state index contributed by atoms with van der Waals surface area (Å²) in [6, 6.07) is 12.1. The van der Waals surface area contributed by atoms with Gasteiger partial charge in [0.1, 0.15) is 0 Å². The molecule has 1 unspecified atom stereocenters. The number of nitrogens with one attached hydrogen (secondary N) is 2. The van der Waals surface area contributed by atoms with Crippen LogP contribution in [0.5, 0.6) is 11.5 Å². The highest BCUT2D eigenvalue weighted by atomic mass is 32.2. The molecule has 0 saturated heterocycles. The molecule has 0 bridgehead atoms. The lowest BCUT2D eigenvalue weighted by Gasteiger charge is -2.14. The predicted octanol–water partition coefficient (Wildman–Crippen LogP) is 3.75. The number of ether oxygens (including phenoxy) is 2. The molecule has 0 spiro atoms. The van der Waals surface area contributed by atoms with Crippen molar-refractivity contribution in [3.05, 3.63) is 59.7 Å². The van der Waals surface area contributed by atoms with Crippen molar-refractivity contribution in [3.63, 3.8) is 0 Å². The largest absolute Gasteiger partial charge is 0.493 e. The van der Waals surface area contributed by atoms with Gasteiger partial charge in [-0.05, 0) is 54.8 Å². The van der Waals surface area contributed by atoms with Gasteiger partial charge in [0.15, 0.2) is 11.5 Å². The van der Waals surface area contributed by atoms with E-state index in [1.54, 1.807) is 37.5 Å². The zero-order valence-corrected chi connectivity index (χ0v) is 18.5. The number of sulfonamides is 1. The lowest BCUT2D eigenvalue weighted by Crippen LogP contribution is -2.24. The first-order valence-corrected chi connectivity index (χ1v) is 11.5. The van der Waals surface area contributed by atoms with Crippen molar-refractivity contribution in [1.82, 2.24) is 5.32 Å². The highest BCUT2D eigenvalue weighted by Crippen LogP contribution is 2.28. The van der Waals surface area contributed by atoms with Gasteiger partial charge >= 0.3 is 0 Å². The van der Waals surface area contributed by atoms with Gasteiger partial charge in [0, 0.05) is 11.8 Å². The third kappa shape index (κ3) is 7.44. The summed E-state index contributed by atoms with van der Waals surface area (Å²) < 4.78 is 36.2. The van der Waals surface area contributed by atoms with E-state index in [0.29, 0.717) is 23.8 Å². The molecule has 1 amide bonds.